The number of halogens is 2. The summed E-state index contributed by atoms with van der Waals surface area (Å²) in [5.74, 6) is -0.400. The second-order valence-electron chi connectivity index (χ2n) is 9.17. The molecule has 34 heavy (non-hydrogen) atoms. The molecule has 2 aromatic carbocycles. The number of nitrogens with zero attached hydrogens (tertiary/aromatic N) is 1. The van der Waals surface area contributed by atoms with Gasteiger partial charge in [0.2, 0.25) is 0 Å². The molecule has 0 radical (unpaired) electrons. The number of carboxylic acids is 1. The number of aliphatic carboxylic acids is 1. The molecule has 178 valence electrons. The fraction of sp³-hybridized carbons (Fsp3) is 0.385. The van der Waals surface area contributed by atoms with Gasteiger partial charge >= 0.3 is 5.97 Å². The number of hydrogen-bond acceptors (Lipinski definition) is 4. The molecule has 2 aliphatic rings. The first-order valence-electron chi connectivity index (χ1n) is 11.6. The molecule has 2 unspecified atom stereocenters. The summed E-state index contributed by atoms with van der Waals surface area (Å²) in [6.45, 7) is 0.523. The second kappa shape index (κ2) is 9.39. The van der Waals surface area contributed by atoms with Crippen LogP contribution in [0.3, 0.4) is 0 Å². The van der Waals surface area contributed by atoms with E-state index < -0.39 is 5.97 Å². The van der Waals surface area contributed by atoms with Gasteiger partial charge in [-0.1, -0.05) is 17.7 Å². The highest BCUT2D eigenvalue weighted by Gasteiger charge is 2.43. The van der Waals surface area contributed by atoms with Crippen molar-refractivity contribution in [3.8, 4) is 5.75 Å². The van der Waals surface area contributed by atoms with Crippen molar-refractivity contribution in [2.24, 2.45) is 11.8 Å². The van der Waals surface area contributed by atoms with E-state index in [0.717, 1.165) is 47.8 Å². The average Bonchev–Trinajstić information content (AvgIpc) is 3.53. The molecule has 0 amide bonds. The second-order valence-corrected chi connectivity index (χ2v) is 9.61. The van der Waals surface area contributed by atoms with Crippen LogP contribution in [0.25, 0.3) is 10.9 Å². The first kappa shape index (κ1) is 22.9. The van der Waals surface area contributed by atoms with Crippen LogP contribution in [0, 0.1) is 17.7 Å². The number of aryl methyl sites for hydroxylation is 1. The van der Waals surface area contributed by atoms with Crippen LogP contribution in [0.2, 0.25) is 5.02 Å². The summed E-state index contributed by atoms with van der Waals surface area (Å²) < 4.78 is 21.4. The molecule has 0 bridgehead atoms. The van der Waals surface area contributed by atoms with Gasteiger partial charge in [0.05, 0.1) is 0 Å². The van der Waals surface area contributed by atoms with Crippen molar-refractivity contribution in [1.29, 1.82) is 0 Å². The lowest BCUT2D eigenvalue weighted by Crippen LogP contribution is -2.30. The van der Waals surface area contributed by atoms with E-state index in [1.165, 1.54) is 12.1 Å². The van der Waals surface area contributed by atoms with Gasteiger partial charge in [-0.15, -0.1) is 0 Å². The number of ketones is 1. The molecule has 1 fully saturated rings. The number of fused-ring (bicyclic) bond motifs is 3. The van der Waals surface area contributed by atoms with Crippen LogP contribution in [0.5, 0.6) is 5.75 Å². The average molecular weight is 485 g/mol. The molecular weight excluding hydrogens is 459 g/mol. The van der Waals surface area contributed by atoms with Crippen molar-refractivity contribution < 1.29 is 23.8 Å². The van der Waals surface area contributed by atoms with E-state index in [1.54, 1.807) is 34.9 Å². The van der Waals surface area contributed by atoms with Crippen molar-refractivity contribution in [2.45, 2.75) is 38.3 Å². The molecule has 1 aromatic heterocycles. The highest BCUT2D eigenvalue weighted by atomic mass is 35.5. The fourth-order valence-corrected chi connectivity index (χ4v) is 5.36. The van der Waals surface area contributed by atoms with Crippen molar-refractivity contribution >= 4 is 34.3 Å². The minimum atomic E-state index is -0.930. The Balaban J connectivity index is 1.25. The Kier molecular flexibility index (Phi) is 6.32. The maximum absolute atomic E-state index is 14.0. The van der Waals surface area contributed by atoms with Gasteiger partial charge in [-0.2, -0.15) is 0 Å². The summed E-state index contributed by atoms with van der Waals surface area (Å²) in [6.07, 6.45) is 3.42. The molecule has 8 heteroatoms. The van der Waals surface area contributed by atoms with Crippen LogP contribution in [-0.4, -0.2) is 34.6 Å². The third kappa shape index (κ3) is 4.68. The lowest BCUT2D eigenvalue weighted by molar-refractivity contribution is -0.137. The third-order valence-electron chi connectivity index (χ3n) is 6.86. The number of Topliss-reactive ketones (excluding diaryl/α,β-unsaturated/α-hetero) is 1. The van der Waals surface area contributed by atoms with Crippen molar-refractivity contribution in [3.05, 3.63) is 64.6 Å². The molecule has 5 rings (SSSR count). The zero-order chi connectivity index (χ0) is 23.8. The third-order valence-corrected chi connectivity index (χ3v) is 7.09. The smallest absolute Gasteiger partial charge is 0.323 e. The zero-order valence-electron chi connectivity index (χ0n) is 18.6. The lowest BCUT2D eigenvalue weighted by atomic mass is 9.91. The summed E-state index contributed by atoms with van der Waals surface area (Å²) in [4.78, 5) is 24.1. The van der Waals surface area contributed by atoms with E-state index in [4.69, 9.17) is 16.3 Å². The van der Waals surface area contributed by atoms with Gasteiger partial charge in [0, 0.05) is 33.6 Å². The fourth-order valence-electron chi connectivity index (χ4n) is 5.18. The van der Waals surface area contributed by atoms with Crippen LogP contribution in [0.15, 0.2) is 42.5 Å². The summed E-state index contributed by atoms with van der Waals surface area (Å²) in [5.41, 5.74) is 2.71. The Bertz CT molecular complexity index is 1260. The lowest BCUT2D eigenvalue weighted by Gasteiger charge is -2.26. The van der Waals surface area contributed by atoms with Crippen LogP contribution in [-0.2, 0) is 22.6 Å². The van der Waals surface area contributed by atoms with E-state index in [1.807, 2.05) is 0 Å². The quantitative estimate of drug-likeness (QED) is 0.457. The molecule has 0 aliphatic heterocycles. The van der Waals surface area contributed by atoms with Crippen LogP contribution >= 0.6 is 11.6 Å². The topological polar surface area (TPSA) is 80.6 Å². The monoisotopic (exact) mass is 484 g/mol. The van der Waals surface area contributed by atoms with E-state index in [9.17, 15) is 19.1 Å². The molecule has 3 atom stereocenters. The number of rotatable bonds is 9. The molecule has 0 saturated heterocycles. The maximum atomic E-state index is 14.0. The summed E-state index contributed by atoms with van der Waals surface area (Å²) >= 11 is 5.96. The Morgan fingerprint density at radius 2 is 2.09 bits per heavy atom. The Morgan fingerprint density at radius 3 is 2.88 bits per heavy atom. The predicted molar refractivity (Wildman–Crippen MR) is 127 cm³/mol. The molecular formula is C26H26ClFN2O4. The van der Waals surface area contributed by atoms with Gasteiger partial charge in [0.25, 0.3) is 0 Å². The molecule has 1 saturated carbocycles. The zero-order valence-corrected chi connectivity index (χ0v) is 19.4. The molecule has 2 N–H and O–H groups in total. The molecule has 1 heterocycles. The van der Waals surface area contributed by atoms with Gasteiger partial charge in [0.15, 0.2) is 5.78 Å². The standard InChI is InChI=1S/C26H26ClFN2O4/c27-16-3-1-4-18(10-16)34-14-24(31)20-9-15(20)12-29-22-6-2-5-19-21-11-17(28)7-8-23(21)30(26(19)22)13-25(32)33/h1,3-4,7-8,10-11,15,20,22,29H,2,5-6,9,12-14H2,(H,32,33)/t15?,20-,22?/m0/s1. The van der Waals surface area contributed by atoms with Gasteiger partial charge in [0.1, 0.15) is 24.7 Å². The van der Waals surface area contributed by atoms with Gasteiger partial charge in [-0.05, 0) is 80.1 Å². The van der Waals surface area contributed by atoms with Crippen LogP contribution in [0.1, 0.15) is 36.6 Å². The number of aromatic nitrogens is 1. The van der Waals surface area contributed by atoms with Crippen LogP contribution in [0.4, 0.5) is 4.39 Å². The number of ether oxygens (including phenoxy) is 1. The minimum absolute atomic E-state index is 0.0213. The first-order valence-corrected chi connectivity index (χ1v) is 11.9. The summed E-state index contributed by atoms with van der Waals surface area (Å²) in [6, 6.07) is 11.5. The van der Waals surface area contributed by atoms with Crippen molar-refractivity contribution in [1.82, 2.24) is 9.88 Å². The number of carbonyl (C=O) groups is 2. The molecule has 2 aliphatic carbocycles. The first-order chi connectivity index (χ1) is 16.4. The summed E-state index contributed by atoms with van der Waals surface area (Å²) in [5, 5.41) is 14.4. The van der Waals surface area contributed by atoms with E-state index in [0.29, 0.717) is 17.3 Å². The normalized spacial score (nSPS) is 21.3. The molecule has 3 aromatic rings. The SMILES string of the molecule is O=C(O)Cn1c2c(c3cc(F)ccc31)CCCC2NCC1C[C@@H]1C(=O)COc1cccc(Cl)c1. The Hall–Kier alpha value is -2.90. The highest BCUT2D eigenvalue weighted by Crippen LogP contribution is 2.41. The van der Waals surface area contributed by atoms with Gasteiger partial charge < -0.3 is 19.7 Å². The van der Waals surface area contributed by atoms with E-state index in [-0.39, 0.29) is 42.6 Å². The number of hydrogen-bond donors (Lipinski definition) is 2. The van der Waals surface area contributed by atoms with E-state index >= 15 is 0 Å². The van der Waals surface area contributed by atoms with Crippen molar-refractivity contribution in [3.63, 3.8) is 0 Å². The minimum Gasteiger partial charge on any atom is -0.486 e. The van der Waals surface area contributed by atoms with Gasteiger partial charge in [-0.25, -0.2) is 4.39 Å². The number of carboxylic acid groups (broad SMARTS) is 1. The van der Waals surface area contributed by atoms with Crippen LogP contribution < -0.4 is 10.1 Å². The Morgan fingerprint density at radius 1 is 1.24 bits per heavy atom. The largest absolute Gasteiger partial charge is 0.486 e. The number of nitrogens with one attached hydrogen (secondary N) is 1. The predicted octanol–water partition coefficient (Wildman–Crippen LogP) is 4.77. The van der Waals surface area contributed by atoms with Gasteiger partial charge in [-0.3, -0.25) is 9.59 Å². The molecule has 0 spiro atoms. The molecule has 6 nitrogen and oxygen atoms in total. The Labute approximate surface area is 201 Å². The summed E-state index contributed by atoms with van der Waals surface area (Å²) in [7, 11) is 0. The van der Waals surface area contributed by atoms with Crippen molar-refractivity contribution in [2.75, 3.05) is 13.2 Å². The number of carbonyl (C=O) groups excluding carboxylic acids is 1. The van der Waals surface area contributed by atoms with E-state index in [2.05, 4.69) is 5.32 Å². The maximum Gasteiger partial charge on any atom is 0.323 e. The highest BCUT2D eigenvalue weighted by molar-refractivity contribution is 6.30. The number of benzene rings is 2.